The smallest absolute Gasteiger partial charge is 0.138 e. The first-order chi connectivity index (χ1) is 9.61. The maximum Gasteiger partial charge on any atom is 0.138 e. The highest BCUT2D eigenvalue weighted by Crippen LogP contribution is 2.32. The highest BCUT2D eigenvalue weighted by atomic mass is 35.5. The first-order valence-corrected chi connectivity index (χ1v) is 7.87. The molecule has 3 atom stereocenters. The molecule has 1 aliphatic carbocycles. The van der Waals surface area contributed by atoms with Crippen molar-refractivity contribution in [3.05, 3.63) is 28.8 Å². The molecule has 0 radical (unpaired) electrons. The van der Waals surface area contributed by atoms with E-state index in [1.807, 2.05) is 18.2 Å². The molecule has 3 nitrogen and oxygen atoms in total. The van der Waals surface area contributed by atoms with Crippen molar-refractivity contribution in [2.45, 2.75) is 57.8 Å². The molecule has 0 spiro atoms. The summed E-state index contributed by atoms with van der Waals surface area (Å²) in [5, 5.41) is 13.9. The van der Waals surface area contributed by atoms with E-state index in [0.29, 0.717) is 10.8 Å². The lowest BCUT2D eigenvalue weighted by Gasteiger charge is -2.19. The van der Waals surface area contributed by atoms with E-state index in [2.05, 4.69) is 19.2 Å². The van der Waals surface area contributed by atoms with Crippen LogP contribution in [0.2, 0.25) is 5.02 Å². The molecular weight excluding hydrogens is 274 g/mol. The van der Waals surface area contributed by atoms with E-state index in [1.54, 1.807) is 0 Å². The van der Waals surface area contributed by atoms with Crippen molar-refractivity contribution in [3.8, 4) is 5.75 Å². The summed E-state index contributed by atoms with van der Waals surface area (Å²) in [4.78, 5) is 0. The monoisotopic (exact) mass is 297 g/mol. The van der Waals surface area contributed by atoms with Crippen molar-refractivity contribution >= 4 is 11.6 Å². The number of benzene rings is 1. The highest BCUT2D eigenvalue weighted by molar-refractivity contribution is 6.32. The van der Waals surface area contributed by atoms with Crippen molar-refractivity contribution in [2.24, 2.45) is 0 Å². The third-order valence-corrected chi connectivity index (χ3v) is 4.15. The summed E-state index contributed by atoms with van der Waals surface area (Å²) in [6.45, 7) is 5.27. The highest BCUT2D eigenvalue weighted by Gasteiger charge is 2.27. The average molecular weight is 298 g/mol. The molecule has 0 heterocycles. The van der Waals surface area contributed by atoms with Gasteiger partial charge in [-0.1, -0.05) is 24.6 Å². The number of nitrogens with one attached hydrogen (secondary N) is 1. The molecule has 1 aromatic rings. The Labute approximate surface area is 126 Å². The van der Waals surface area contributed by atoms with E-state index < -0.39 is 0 Å². The van der Waals surface area contributed by atoms with Crippen molar-refractivity contribution in [1.82, 2.24) is 5.32 Å². The summed E-state index contributed by atoms with van der Waals surface area (Å²) < 4.78 is 5.83. The van der Waals surface area contributed by atoms with Crippen molar-refractivity contribution in [3.63, 3.8) is 0 Å². The number of aliphatic hydroxyl groups is 1. The number of ether oxygens (including phenoxy) is 1. The predicted octanol–water partition coefficient (Wildman–Crippen LogP) is 3.69. The quantitative estimate of drug-likeness (QED) is 0.841. The molecule has 1 saturated carbocycles. The fourth-order valence-corrected chi connectivity index (χ4v) is 2.80. The van der Waals surface area contributed by atoms with E-state index in [1.165, 1.54) is 0 Å². The summed E-state index contributed by atoms with van der Waals surface area (Å²) in [5.41, 5.74) is 1.16. The van der Waals surface area contributed by atoms with Crippen LogP contribution in [-0.2, 0) is 0 Å². The standard InChI is InChI=1S/C16H24ClNO2/c1-3-9-18-11(2)12-7-8-15(13(17)10-12)20-16-6-4-5-14(16)19/h7-8,10-11,14,16,18-19H,3-6,9H2,1-2H3. The summed E-state index contributed by atoms with van der Waals surface area (Å²) in [5.74, 6) is 0.670. The van der Waals surface area contributed by atoms with Gasteiger partial charge in [0, 0.05) is 6.04 Å². The second kappa shape index (κ2) is 7.30. The van der Waals surface area contributed by atoms with Gasteiger partial charge in [0.25, 0.3) is 0 Å². The van der Waals surface area contributed by atoms with Crippen LogP contribution in [0, 0.1) is 0 Å². The van der Waals surface area contributed by atoms with E-state index in [9.17, 15) is 5.11 Å². The Bertz CT molecular complexity index is 438. The maximum atomic E-state index is 9.80. The molecule has 3 unspecified atom stereocenters. The third-order valence-electron chi connectivity index (χ3n) is 3.85. The normalized spacial score (nSPS) is 23.8. The minimum absolute atomic E-state index is 0.117. The van der Waals surface area contributed by atoms with E-state index in [0.717, 1.165) is 37.8 Å². The van der Waals surface area contributed by atoms with Gasteiger partial charge in [-0.25, -0.2) is 0 Å². The summed E-state index contributed by atoms with van der Waals surface area (Å²) in [6.07, 6.45) is 3.36. The largest absolute Gasteiger partial charge is 0.486 e. The van der Waals surface area contributed by atoms with Crippen LogP contribution >= 0.6 is 11.6 Å². The Morgan fingerprint density at radius 2 is 2.25 bits per heavy atom. The molecule has 2 rings (SSSR count). The second-order valence-electron chi connectivity index (χ2n) is 5.52. The summed E-state index contributed by atoms with van der Waals surface area (Å²) in [6, 6.07) is 6.17. The van der Waals surface area contributed by atoms with Gasteiger partial charge >= 0.3 is 0 Å². The maximum absolute atomic E-state index is 9.80. The molecule has 0 aliphatic heterocycles. The summed E-state index contributed by atoms with van der Waals surface area (Å²) >= 11 is 6.30. The topological polar surface area (TPSA) is 41.5 Å². The van der Waals surface area contributed by atoms with Gasteiger partial charge in [0.05, 0.1) is 11.1 Å². The molecule has 1 aromatic carbocycles. The molecular formula is C16H24ClNO2. The first kappa shape index (κ1) is 15.6. The van der Waals surface area contributed by atoms with Crippen molar-refractivity contribution in [2.75, 3.05) is 6.54 Å². The SMILES string of the molecule is CCCNC(C)c1ccc(OC2CCCC2O)c(Cl)c1. The number of hydrogen-bond donors (Lipinski definition) is 2. The Morgan fingerprint density at radius 1 is 1.45 bits per heavy atom. The molecule has 0 aromatic heterocycles. The number of aliphatic hydroxyl groups excluding tert-OH is 1. The predicted molar refractivity (Wildman–Crippen MR) is 82.4 cm³/mol. The Morgan fingerprint density at radius 3 is 2.85 bits per heavy atom. The minimum Gasteiger partial charge on any atom is -0.486 e. The first-order valence-electron chi connectivity index (χ1n) is 7.49. The molecule has 2 N–H and O–H groups in total. The van der Waals surface area contributed by atoms with Crippen LogP contribution in [0.5, 0.6) is 5.75 Å². The van der Waals surface area contributed by atoms with Gasteiger partial charge in [0.2, 0.25) is 0 Å². The Hall–Kier alpha value is -0.770. The molecule has 1 fully saturated rings. The van der Waals surface area contributed by atoms with Gasteiger partial charge in [-0.05, 0) is 56.8 Å². The van der Waals surface area contributed by atoms with Gasteiger partial charge in [-0.15, -0.1) is 0 Å². The van der Waals surface area contributed by atoms with Gasteiger partial charge in [0.1, 0.15) is 11.9 Å². The number of hydrogen-bond acceptors (Lipinski definition) is 3. The second-order valence-corrected chi connectivity index (χ2v) is 5.93. The zero-order valence-electron chi connectivity index (χ0n) is 12.2. The molecule has 20 heavy (non-hydrogen) atoms. The van der Waals surface area contributed by atoms with Crippen LogP contribution in [0.1, 0.15) is 51.1 Å². The van der Waals surface area contributed by atoms with Crippen LogP contribution in [0.15, 0.2) is 18.2 Å². The van der Waals surface area contributed by atoms with Crippen molar-refractivity contribution in [1.29, 1.82) is 0 Å². The zero-order valence-corrected chi connectivity index (χ0v) is 13.0. The van der Waals surface area contributed by atoms with Gasteiger partial charge in [0.15, 0.2) is 0 Å². The average Bonchev–Trinajstić information content (AvgIpc) is 2.84. The van der Waals surface area contributed by atoms with Crippen molar-refractivity contribution < 1.29 is 9.84 Å². The van der Waals surface area contributed by atoms with Crippen LogP contribution in [0.4, 0.5) is 0 Å². The summed E-state index contributed by atoms with van der Waals surface area (Å²) in [7, 11) is 0. The van der Waals surface area contributed by atoms with Crippen LogP contribution in [0.3, 0.4) is 0 Å². The lowest BCUT2D eigenvalue weighted by atomic mass is 10.1. The van der Waals surface area contributed by atoms with Crippen LogP contribution in [-0.4, -0.2) is 23.9 Å². The molecule has 0 saturated heterocycles. The lowest BCUT2D eigenvalue weighted by molar-refractivity contribution is 0.0604. The Kier molecular flexibility index (Phi) is 5.70. The molecule has 112 valence electrons. The lowest BCUT2D eigenvalue weighted by Crippen LogP contribution is -2.25. The van der Waals surface area contributed by atoms with Gasteiger partial charge in [-0.3, -0.25) is 0 Å². The number of rotatable bonds is 6. The van der Waals surface area contributed by atoms with E-state index in [4.69, 9.17) is 16.3 Å². The molecule has 4 heteroatoms. The number of halogens is 1. The van der Waals surface area contributed by atoms with Gasteiger partial charge < -0.3 is 15.2 Å². The molecule has 0 amide bonds. The van der Waals surface area contributed by atoms with E-state index >= 15 is 0 Å². The molecule has 0 bridgehead atoms. The minimum atomic E-state index is -0.365. The molecule has 1 aliphatic rings. The zero-order chi connectivity index (χ0) is 14.5. The van der Waals surface area contributed by atoms with E-state index in [-0.39, 0.29) is 18.2 Å². The van der Waals surface area contributed by atoms with Crippen LogP contribution in [0.25, 0.3) is 0 Å². The van der Waals surface area contributed by atoms with Gasteiger partial charge in [-0.2, -0.15) is 0 Å². The fraction of sp³-hybridized carbons (Fsp3) is 0.625. The fourth-order valence-electron chi connectivity index (χ4n) is 2.57. The van der Waals surface area contributed by atoms with Crippen LogP contribution < -0.4 is 10.1 Å². The Balaban J connectivity index is 2.01. The third kappa shape index (κ3) is 3.87.